The summed E-state index contributed by atoms with van der Waals surface area (Å²) in [5, 5.41) is 7.03. The highest BCUT2D eigenvalue weighted by Gasteiger charge is 2.18. The van der Waals surface area contributed by atoms with Crippen molar-refractivity contribution in [2.75, 3.05) is 0 Å². The molecule has 5 nitrogen and oxygen atoms in total. The molecule has 0 saturated carbocycles. The quantitative estimate of drug-likeness (QED) is 0.168. The molecule has 0 fully saturated rings. The first kappa shape index (κ1) is 35.2. The number of para-hydroxylation sites is 2. The summed E-state index contributed by atoms with van der Waals surface area (Å²) >= 11 is 0. The lowest BCUT2D eigenvalue weighted by atomic mass is 9.98. The highest BCUT2D eigenvalue weighted by molar-refractivity contribution is 6.13. The summed E-state index contributed by atoms with van der Waals surface area (Å²) in [5.74, 6) is 0. The Kier molecular flexibility index (Phi) is 7.84. The van der Waals surface area contributed by atoms with Crippen LogP contribution in [0.3, 0.4) is 0 Å². The average molecular weight is 805 g/mol. The highest BCUT2D eigenvalue weighted by Crippen LogP contribution is 2.40. The van der Waals surface area contributed by atoms with E-state index in [2.05, 4.69) is 201 Å². The van der Waals surface area contributed by atoms with Gasteiger partial charge in [-0.15, -0.1) is 0 Å². The van der Waals surface area contributed by atoms with E-state index in [9.17, 15) is 0 Å². The highest BCUT2D eigenvalue weighted by atomic mass is 16.3. The Labute approximate surface area is 362 Å². The third kappa shape index (κ3) is 5.71. The minimum absolute atomic E-state index is 0.856. The molecule has 0 radical (unpaired) electrons. The Bertz CT molecular complexity index is 3660. The second-order valence-electron chi connectivity index (χ2n) is 16.3. The van der Waals surface area contributed by atoms with Crippen LogP contribution in [-0.4, -0.2) is 19.1 Å². The van der Waals surface area contributed by atoms with Gasteiger partial charge in [-0.25, -0.2) is 0 Å². The van der Waals surface area contributed by atoms with Crippen molar-refractivity contribution >= 4 is 65.6 Å². The van der Waals surface area contributed by atoms with Crippen LogP contribution in [0.25, 0.3) is 121 Å². The first-order valence-corrected chi connectivity index (χ1v) is 21.3. The van der Waals surface area contributed by atoms with Gasteiger partial charge in [-0.3, -0.25) is 9.97 Å². The van der Waals surface area contributed by atoms with Gasteiger partial charge >= 0.3 is 0 Å². The molecule has 294 valence electrons. The van der Waals surface area contributed by atoms with Gasteiger partial charge in [-0.2, -0.15) is 0 Å². The summed E-state index contributed by atoms with van der Waals surface area (Å²) in [4.78, 5) is 8.69. The zero-order chi connectivity index (χ0) is 41.4. The van der Waals surface area contributed by atoms with Crippen LogP contribution in [-0.2, 0) is 0 Å². The van der Waals surface area contributed by atoms with E-state index in [-0.39, 0.29) is 0 Å². The molecular formula is C58H36N4O. The Hall–Kier alpha value is -8.54. The Balaban J connectivity index is 0.897. The summed E-state index contributed by atoms with van der Waals surface area (Å²) in [6, 6.07) is 69.8. The van der Waals surface area contributed by atoms with Crippen LogP contribution in [0.15, 0.2) is 223 Å². The topological polar surface area (TPSA) is 48.8 Å². The molecule has 0 aliphatic rings. The molecule has 0 aliphatic heterocycles. The predicted molar refractivity (Wildman–Crippen MR) is 260 cm³/mol. The molecule has 8 aromatic carbocycles. The molecule has 0 spiro atoms. The number of benzene rings is 8. The standard InChI is InChI=1S/C58H36N4O/c1-3-17-53-47(15-1)51-31-41(37-9-5-11-39(29-37)43-13-7-27-59-35-43)19-25-55(51)61(53)45-21-23-49-50-24-22-46(34-58(50)63-57(49)33-45)62-54-18-4-2-16-48(54)52-32-42(20-26-56(52)62)38-10-6-12-40(30-38)44-14-8-28-60-36-44/h1-36H. The molecule has 0 aliphatic carbocycles. The summed E-state index contributed by atoms with van der Waals surface area (Å²) in [6.45, 7) is 0. The maximum Gasteiger partial charge on any atom is 0.137 e. The summed E-state index contributed by atoms with van der Waals surface area (Å²) in [6.07, 6.45) is 7.46. The Morgan fingerprint density at radius 3 is 1.16 bits per heavy atom. The molecule has 0 saturated heterocycles. The molecule has 5 aromatic heterocycles. The number of pyridine rings is 2. The molecule has 63 heavy (non-hydrogen) atoms. The van der Waals surface area contributed by atoms with Gasteiger partial charge in [0.25, 0.3) is 0 Å². The molecule has 0 unspecified atom stereocenters. The molecule has 0 amide bonds. The van der Waals surface area contributed by atoms with Crippen LogP contribution in [0.5, 0.6) is 0 Å². The Morgan fingerprint density at radius 1 is 0.286 bits per heavy atom. The molecule has 5 heterocycles. The predicted octanol–water partition coefficient (Wildman–Crippen LogP) is 15.2. The SMILES string of the molecule is c1cncc(-c2cccc(-c3ccc4c(c3)c3ccccc3n4-c3ccc4c(c3)oc3cc(-n5c6ccccc6c6cc(-c7cccc(-c8cccnc8)c7)ccc65)ccc34)c2)c1. The van der Waals surface area contributed by atoms with Gasteiger partial charge in [-0.1, -0.05) is 97.1 Å². The largest absolute Gasteiger partial charge is 0.456 e. The van der Waals surface area contributed by atoms with Crippen LogP contribution in [0.1, 0.15) is 0 Å². The summed E-state index contributed by atoms with van der Waals surface area (Å²) < 4.78 is 11.5. The molecule has 0 bridgehead atoms. The zero-order valence-corrected chi connectivity index (χ0v) is 34.0. The van der Waals surface area contributed by atoms with Crippen molar-refractivity contribution in [1.82, 2.24) is 19.1 Å². The van der Waals surface area contributed by atoms with E-state index in [0.717, 1.165) is 77.6 Å². The summed E-state index contributed by atoms with van der Waals surface area (Å²) in [5.41, 5.74) is 17.7. The van der Waals surface area contributed by atoms with Gasteiger partial charge < -0.3 is 13.6 Å². The Morgan fingerprint density at radius 2 is 0.698 bits per heavy atom. The van der Waals surface area contributed by atoms with Gasteiger partial charge in [0.15, 0.2) is 0 Å². The number of furan rings is 1. The van der Waals surface area contributed by atoms with E-state index >= 15 is 0 Å². The van der Waals surface area contributed by atoms with E-state index < -0.39 is 0 Å². The second kappa shape index (κ2) is 14.0. The number of nitrogens with zero attached hydrogens (tertiary/aromatic N) is 4. The van der Waals surface area contributed by atoms with E-state index in [1.807, 2.05) is 36.9 Å². The molecule has 13 aromatic rings. The third-order valence-corrected chi connectivity index (χ3v) is 12.7. The van der Waals surface area contributed by atoms with Crippen LogP contribution in [0.2, 0.25) is 0 Å². The third-order valence-electron chi connectivity index (χ3n) is 12.7. The lowest BCUT2D eigenvalue weighted by Crippen LogP contribution is -1.93. The fraction of sp³-hybridized carbons (Fsp3) is 0. The van der Waals surface area contributed by atoms with Gasteiger partial charge in [0.05, 0.1) is 22.1 Å². The number of fused-ring (bicyclic) bond motifs is 9. The van der Waals surface area contributed by atoms with Crippen molar-refractivity contribution in [3.63, 3.8) is 0 Å². The molecular weight excluding hydrogens is 769 g/mol. The van der Waals surface area contributed by atoms with Crippen molar-refractivity contribution in [2.24, 2.45) is 0 Å². The fourth-order valence-corrected chi connectivity index (χ4v) is 9.72. The van der Waals surface area contributed by atoms with Gasteiger partial charge in [0.2, 0.25) is 0 Å². The minimum Gasteiger partial charge on any atom is -0.456 e. The molecule has 0 atom stereocenters. The van der Waals surface area contributed by atoms with Crippen LogP contribution < -0.4 is 0 Å². The number of hydrogen-bond acceptors (Lipinski definition) is 3. The van der Waals surface area contributed by atoms with Crippen molar-refractivity contribution < 1.29 is 4.42 Å². The van der Waals surface area contributed by atoms with Crippen molar-refractivity contribution in [2.45, 2.75) is 0 Å². The van der Waals surface area contributed by atoms with E-state index in [1.54, 1.807) is 0 Å². The van der Waals surface area contributed by atoms with Crippen LogP contribution in [0, 0.1) is 0 Å². The lowest BCUT2D eigenvalue weighted by molar-refractivity contribution is 0.668. The first-order chi connectivity index (χ1) is 31.2. The number of aromatic nitrogens is 4. The maximum atomic E-state index is 6.79. The second-order valence-corrected chi connectivity index (χ2v) is 16.3. The molecule has 5 heteroatoms. The van der Waals surface area contributed by atoms with Crippen LogP contribution >= 0.6 is 0 Å². The van der Waals surface area contributed by atoms with E-state index in [1.165, 1.54) is 43.8 Å². The normalized spacial score (nSPS) is 11.8. The van der Waals surface area contributed by atoms with Crippen LogP contribution in [0.4, 0.5) is 0 Å². The average Bonchev–Trinajstić information content (AvgIpc) is 4.01. The molecule has 13 rings (SSSR count). The van der Waals surface area contributed by atoms with Crippen molar-refractivity contribution in [1.29, 1.82) is 0 Å². The molecule has 0 N–H and O–H groups in total. The van der Waals surface area contributed by atoms with Crippen molar-refractivity contribution in [3.8, 4) is 55.9 Å². The smallest absolute Gasteiger partial charge is 0.137 e. The maximum absolute atomic E-state index is 6.79. The van der Waals surface area contributed by atoms with Gasteiger partial charge in [0, 0.05) is 91.7 Å². The fourth-order valence-electron chi connectivity index (χ4n) is 9.72. The summed E-state index contributed by atoms with van der Waals surface area (Å²) in [7, 11) is 0. The monoisotopic (exact) mass is 804 g/mol. The zero-order valence-electron chi connectivity index (χ0n) is 34.0. The van der Waals surface area contributed by atoms with Gasteiger partial charge in [-0.05, 0) is 118 Å². The minimum atomic E-state index is 0.856. The van der Waals surface area contributed by atoms with E-state index in [4.69, 9.17) is 4.42 Å². The first-order valence-electron chi connectivity index (χ1n) is 21.3. The van der Waals surface area contributed by atoms with E-state index in [0.29, 0.717) is 0 Å². The van der Waals surface area contributed by atoms with Crippen molar-refractivity contribution in [3.05, 3.63) is 219 Å². The lowest BCUT2D eigenvalue weighted by Gasteiger charge is -2.09. The van der Waals surface area contributed by atoms with Gasteiger partial charge in [0.1, 0.15) is 11.2 Å². The number of rotatable bonds is 6. The number of hydrogen-bond donors (Lipinski definition) is 0.